The van der Waals surface area contributed by atoms with Crippen molar-refractivity contribution < 1.29 is 0 Å². The van der Waals surface area contributed by atoms with E-state index in [0.717, 1.165) is 29.7 Å². The van der Waals surface area contributed by atoms with Crippen molar-refractivity contribution >= 4 is 0 Å². The zero-order valence-corrected chi connectivity index (χ0v) is 12.4. The van der Waals surface area contributed by atoms with Gasteiger partial charge >= 0.3 is 0 Å². The average molecular weight is 250 g/mol. The predicted molar refractivity (Wildman–Crippen MR) is 76.6 cm³/mol. The van der Waals surface area contributed by atoms with E-state index in [1.807, 2.05) is 0 Å². The quantitative estimate of drug-likeness (QED) is 0.807. The highest BCUT2D eigenvalue weighted by atomic mass is 15.2. The van der Waals surface area contributed by atoms with Gasteiger partial charge in [0.2, 0.25) is 0 Å². The Hall–Kier alpha value is -0.0800. The molecule has 0 aromatic rings. The molecule has 2 nitrogen and oxygen atoms in total. The minimum Gasteiger partial charge on any atom is -0.311 e. The maximum Gasteiger partial charge on any atom is 0.0218 e. The van der Waals surface area contributed by atoms with E-state index in [2.05, 4.69) is 31.0 Å². The Kier molecular flexibility index (Phi) is 3.68. The van der Waals surface area contributed by atoms with Gasteiger partial charge in [-0.25, -0.2) is 0 Å². The number of rotatable bonds is 5. The van der Waals surface area contributed by atoms with Gasteiger partial charge in [-0.1, -0.05) is 13.8 Å². The molecule has 104 valence electrons. The van der Waals surface area contributed by atoms with Crippen molar-refractivity contribution in [3.05, 3.63) is 0 Å². The molecular weight excluding hydrogens is 220 g/mol. The molecule has 18 heavy (non-hydrogen) atoms. The van der Waals surface area contributed by atoms with Gasteiger partial charge in [0, 0.05) is 31.7 Å². The Bertz CT molecular complexity index is 269. The van der Waals surface area contributed by atoms with Crippen molar-refractivity contribution in [2.45, 2.75) is 58.5 Å². The van der Waals surface area contributed by atoms with Crippen molar-refractivity contribution in [3.63, 3.8) is 0 Å². The van der Waals surface area contributed by atoms with Crippen molar-refractivity contribution in [3.8, 4) is 0 Å². The fraction of sp³-hybridized carbons (Fsp3) is 1.00. The van der Waals surface area contributed by atoms with Gasteiger partial charge in [-0.05, 0) is 56.3 Å². The van der Waals surface area contributed by atoms with Gasteiger partial charge in [0.05, 0.1) is 0 Å². The smallest absolute Gasteiger partial charge is 0.0218 e. The van der Waals surface area contributed by atoms with Gasteiger partial charge in [-0.3, -0.25) is 4.90 Å². The van der Waals surface area contributed by atoms with Crippen molar-refractivity contribution in [2.75, 3.05) is 19.6 Å². The first-order valence-electron chi connectivity index (χ1n) is 8.12. The zero-order valence-electron chi connectivity index (χ0n) is 12.4. The molecule has 0 aromatic heterocycles. The fourth-order valence-corrected chi connectivity index (χ4v) is 3.65. The summed E-state index contributed by atoms with van der Waals surface area (Å²) in [5.41, 5.74) is 0. The minimum absolute atomic E-state index is 0.709. The second-order valence-corrected chi connectivity index (χ2v) is 7.40. The Morgan fingerprint density at radius 1 is 1.11 bits per heavy atom. The lowest BCUT2D eigenvalue weighted by atomic mass is 9.94. The molecular formula is C16H30N2. The van der Waals surface area contributed by atoms with Crippen LogP contribution in [-0.4, -0.2) is 36.6 Å². The summed E-state index contributed by atoms with van der Waals surface area (Å²) in [6.07, 6.45) is 6.09. The van der Waals surface area contributed by atoms with E-state index in [4.69, 9.17) is 0 Å². The van der Waals surface area contributed by atoms with Crippen LogP contribution in [0.1, 0.15) is 46.5 Å². The van der Waals surface area contributed by atoms with Gasteiger partial charge < -0.3 is 5.32 Å². The van der Waals surface area contributed by atoms with E-state index in [-0.39, 0.29) is 0 Å². The Labute approximate surface area is 113 Å². The molecule has 2 unspecified atom stereocenters. The second kappa shape index (κ2) is 5.13. The topological polar surface area (TPSA) is 15.3 Å². The normalized spacial score (nSPS) is 34.5. The van der Waals surface area contributed by atoms with Crippen LogP contribution in [0.2, 0.25) is 0 Å². The van der Waals surface area contributed by atoms with E-state index in [1.165, 1.54) is 45.3 Å². The highest BCUT2D eigenvalue weighted by molar-refractivity contribution is 4.95. The third-order valence-corrected chi connectivity index (χ3v) is 5.44. The zero-order chi connectivity index (χ0) is 12.7. The van der Waals surface area contributed by atoms with Gasteiger partial charge in [0.1, 0.15) is 0 Å². The summed E-state index contributed by atoms with van der Waals surface area (Å²) >= 11 is 0. The third-order valence-electron chi connectivity index (χ3n) is 5.44. The van der Waals surface area contributed by atoms with Gasteiger partial charge in [0.15, 0.2) is 0 Å². The minimum atomic E-state index is 0.709. The van der Waals surface area contributed by atoms with E-state index < -0.39 is 0 Å². The lowest BCUT2D eigenvalue weighted by Crippen LogP contribution is -2.58. The molecule has 3 aliphatic rings. The molecule has 3 fully saturated rings. The number of hydrogen-bond acceptors (Lipinski definition) is 2. The van der Waals surface area contributed by atoms with Crippen LogP contribution in [0.5, 0.6) is 0 Å². The van der Waals surface area contributed by atoms with Crippen LogP contribution in [0.4, 0.5) is 0 Å². The van der Waals surface area contributed by atoms with Crippen LogP contribution in [0.25, 0.3) is 0 Å². The molecule has 0 radical (unpaired) electrons. The maximum absolute atomic E-state index is 3.72. The van der Waals surface area contributed by atoms with Gasteiger partial charge in [-0.15, -0.1) is 0 Å². The number of piperazine rings is 1. The summed E-state index contributed by atoms with van der Waals surface area (Å²) in [4.78, 5) is 2.79. The van der Waals surface area contributed by atoms with Crippen molar-refractivity contribution in [1.82, 2.24) is 10.2 Å². The van der Waals surface area contributed by atoms with Crippen LogP contribution in [0.3, 0.4) is 0 Å². The molecule has 0 spiro atoms. The molecule has 1 aliphatic heterocycles. The van der Waals surface area contributed by atoms with Gasteiger partial charge in [0.25, 0.3) is 0 Å². The SMILES string of the molecule is CC(C)C1CN(CC(C2CC2)C2CC2)C(C)CN1. The average Bonchev–Trinajstić information content (AvgIpc) is 3.20. The molecule has 2 aliphatic carbocycles. The molecule has 2 saturated carbocycles. The summed E-state index contributed by atoms with van der Waals surface area (Å²) in [5, 5.41) is 3.72. The van der Waals surface area contributed by atoms with E-state index in [9.17, 15) is 0 Å². The van der Waals surface area contributed by atoms with Crippen LogP contribution in [0, 0.1) is 23.7 Å². The molecule has 1 heterocycles. The summed E-state index contributed by atoms with van der Waals surface area (Å²) in [5.74, 6) is 3.99. The highest BCUT2D eigenvalue weighted by Gasteiger charge is 2.43. The number of hydrogen-bond donors (Lipinski definition) is 1. The third kappa shape index (κ3) is 2.91. The lowest BCUT2D eigenvalue weighted by molar-refractivity contribution is 0.0946. The number of nitrogens with one attached hydrogen (secondary N) is 1. The summed E-state index contributed by atoms with van der Waals surface area (Å²) in [6, 6.07) is 1.44. The molecule has 0 aromatic carbocycles. The largest absolute Gasteiger partial charge is 0.311 e. The molecule has 2 atom stereocenters. The van der Waals surface area contributed by atoms with Crippen molar-refractivity contribution in [2.24, 2.45) is 23.7 Å². The van der Waals surface area contributed by atoms with E-state index in [1.54, 1.807) is 0 Å². The Morgan fingerprint density at radius 3 is 2.22 bits per heavy atom. The molecule has 0 bridgehead atoms. The number of nitrogens with zero attached hydrogens (tertiary/aromatic N) is 1. The summed E-state index contributed by atoms with van der Waals surface area (Å²) in [6.45, 7) is 11.0. The van der Waals surface area contributed by atoms with E-state index >= 15 is 0 Å². The summed E-state index contributed by atoms with van der Waals surface area (Å²) < 4.78 is 0. The van der Waals surface area contributed by atoms with Gasteiger partial charge in [-0.2, -0.15) is 0 Å². The Morgan fingerprint density at radius 2 is 1.72 bits per heavy atom. The second-order valence-electron chi connectivity index (χ2n) is 7.40. The maximum atomic E-state index is 3.72. The monoisotopic (exact) mass is 250 g/mol. The van der Waals surface area contributed by atoms with E-state index in [0.29, 0.717) is 6.04 Å². The standard InChI is InChI=1S/C16H30N2/c1-11(2)16-10-18(12(3)8-17-16)9-15(13-4-5-13)14-6-7-14/h11-17H,4-10H2,1-3H3. The Balaban J connectivity index is 1.58. The molecule has 3 rings (SSSR count). The lowest BCUT2D eigenvalue weighted by Gasteiger charge is -2.42. The van der Waals surface area contributed by atoms with Crippen LogP contribution < -0.4 is 5.32 Å². The predicted octanol–water partition coefficient (Wildman–Crippen LogP) is 2.74. The fourth-order valence-electron chi connectivity index (χ4n) is 3.65. The molecule has 2 heteroatoms. The molecule has 1 N–H and O–H groups in total. The first kappa shape index (κ1) is 12.9. The molecule has 0 amide bonds. The van der Waals surface area contributed by atoms with Crippen LogP contribution in [-0.2, 0) is 0 Å². The van der Waals surface area contributed by atoms with Crippen molar-refractivity contribution in [1.29, 1.82) is 0 Å². The summed E-state index contributed by atoms with van der Waals surface area (Å²) in [7, 11) is 0. The first-order chi connectivity index (χ1) is 8.65. The highest BCUT2D eigenvalue weighted by Crippen LogP contribution is 2.49. The van der Waals surface area contributed by atoms with Crippen LogP contribution >= 0.6 is 0 Å². The molecule has 1 saturated heterocycles. The van der Waals surface area contributed by atoms with Crippen LogP contribution in [0.15, 0.2) is 0 Å². The first-order valence-corrected chi connectivity index (χ1v) is 8.12.